The fraction of sp³-hybridized carbons (Fsp3) is 0.600. The summed E-state index contributed by atoms with van der Waals surface area (Å²) in [6, 6.07) is 0. The highest BCUT2D eigenvalue weighted by atomic mass is 32.2. The number of nitrogens with zero attached hydrogens (tertiary/aromatic N) is 1. The van der Waals surface area contributed by atoms with E-state index in [1.165, 1.54) is 6.20 Å². The van der Waals surface area contributed by atoms with Crippen molar-refractivity contribution >= 4 is 16.0 Å². The molecule has 1 heterocycles. The molecule has 1 atom stereocenters. The van der Waals surface area contributed by atoms with Crippen molar-refractivity contribution < 1.29 is 18.3 Å². The SMILES string of the molecule is CCCC(CNS(=O)(=O)c1cn[nH]c1C)C(=O)O. The average molecular weight is 275 g/mol. The second-order valence-corrected chi connectivity index (χ2v) is 5.77. The zero-order valence-corrected chi connectivity index (χ0v) is 11.1. The van der Waals surface area contributed by atoms with E-state index in [2.05, 4.69) is 14.9 Å². The normalized spacial score (nSPS) is 13.4. The summed E-state index contributed by atoms with van der Waals surface area (Å²) in [4.78, 5) is 11.0. The molecule has 0 saturated carbocycles. The van der Waals surface area contributed by atoms with Gasteiger partial charge in [0.15, 0.2) is 0 Å². The molecule has 102 valence electrons. The molecular formula is C10H17N3O4S. The molecule has 0 radical (unpaired) electrons. The molecule has 0 fully saturated rings. The van der Waals surface area contributed by atoms with E-state index < -0.39 is 21.9 Å². The molecule has 0 amide bonds. The van der Waals surface area contributed by atoms with Gasteiger partial charge in [0.1, 0.15) is 4.90 Å². The number of hydrogen-bond acceptors (Lipinski definition) is 4. The third-order valence-corrected chi connectivity index (χ3v) is 4.12. The third kappa shape index (κ3) is 3.54. The Balaban J connectivity index is 2.73. The van der Waals surface area contributed by atoms with Gasteiger partial charge in [0.25, 0.3) is 0 Å². The molecule has 1 unspecified atom stereocenters. The first kappa shape index (κ1) is 14.7. The maximum Gasteiger partial charge on any atom is 0.307 e. The number of carboxylic acid groups (broad SMARTS) is 1. The monoisotopic (exact) mass is 275 g/mol. The van der Waals surface area contributed by atoms with Crippen molar-refractivity contribution in [3.05, 3.63) is 11.9 Å². The largest absolute Gasteiger partial charge is 0.481 e. The fourth-order valence-electron chi connectivity index (χ4n) is 1.56. The Kier molecular flexibility index (Phi) is 4.85. The number of hydrogen-bond donors (Lipinski definition) is 3. The van der Waals surface area contributed by atoms with Gasteiger partial charge >= 0.3 is 5.97 Å². The standard InChI is InChI=1S/C10H17N3O4S/c1-3-4-8(10(14)15)5-12-18(16,17)9-6-11-13-7(9)2/h6,8,12H,3-5H2,1-2H3,(H,11,13)(H,14,15). The molecule has 1 aromatic heterocycles. The predicted octanol–water partition coefficient (Wildman–Crippen LogP) is 0.497. The van der Waals surface area contributed by atoms with Crippen molar-refractivity contribution in [2.45, 2.75) is 31.6 Å². The number of aryl methyl sites for hydroxylation is 1. The van der Waals surface area contributed by atoms with Crippen LogP contribution in [0.3, 0.4) is 0 Å². The Labute approximate surface area is 106 Å². The van der Waals surface area contributed by atoms with Crippen molar-refractivity contribution in [1.82, 2.24) is 14.9 Å². The number of sulfonamides is 1. The van der Waals surface area contributed by atoms with Crippen LogP contribution in [0, 0.1) is 12.8 Å². The van der Waals surface area contributed by atoms with Crippen LogP contribution >= 0.6 is 0 Å². The molecule has 0 aliphatic carbocycles. The third-order valence-electron chi connectivity index (χ3n) is 2.58. The molecule has 7 nitrogen and oxygen atoms in total. The van der Waals surface area contributed by atoms with E-state index in [9.17, 15) is 13.2 Å². The lowest BCUT2D eigenvalue weighted by molar-refractivity contribution is -0.141. The van der Waals surface area contributed by atoms with Gasteiger partial charge in [0.05, 0.1) is 17.8 Å². The minimum atomic E-state index is -3.70. The second-order valence-electron chi connectivity index (χ2n) is 4.03. The van der Waals surface area contributed by atoms with Crippen LogP contribution in [0.2, 0.25) is 0 Å². The summed E-state index contributed by atoms with van der Waals surface area (Å²) in [6.07, 6.45) is 2.32. The lowest BCUT2D eigenvalue weighted by Gasteiger charge is -2.12. The Morgan fingerprint density at radius 2 is 2.28 bits per heavy atom. The Bertz CT molecular complexity index is 509. The molecule has 1 rings (SSSR count). The molecule has 1 aromatic rings. The van der Waals surface area contributed by atoms with E-state index in [1.807, 2.05) is 6.92 Å². The van der Waals surface area contributed by atoms with E-state index in [0.717, 1.165) is 0 Å². The van der Waals surface area contributed by atoms with Crippen molar-refractivity contribution in [2.24, 2.45) is 5.92 Å². The maximum absolute atomic E-state index is 11.9. The smallest absolute Gasteiger partial charge is 0.307 e. The van der Waals surface area contributed by atoms with E-state index >= 15 is 0 Å². The zero-order valence-electron chi connectivity index (χ0n) is 10.3. The zero-order chi connectivity index (χ0) is 13.8. The number of nitrogens with one attached hydrogen (secondary N) is 2. The molecule has 0 spiro atoms. The molecule has 0 bridgehead atoms. The van der Waals surface area contributed by atoms with Gasteiger partial charge in [-0.15, -0.1) is 0 Å². The van der Waals surface area contributed by atoms with Crippen LogP contribution in [0.1, 0.15) is 25.5 Å². The van der Waals surface area contributed by atoms with Crippen LogP contribution < -0.4 is 4.72 Å². The Morgan fingerprint density at radius 3 is 2.72 bits per heavy atom. The van der Waals surface area contributed by atoms with E-state index in [1.54, 1.807) is 6.92 Å². The lowest BCUT2D eigenvalue weighted by atomic mass is 10.1. The van der Waals surface area contributed by atoms with Gasteiger partial charge in [-0.1, -0.05) is 13.3 Å². The number of aliphatic carboxylic acids is 1. The Hall–Kier alpha value is -1.41. The molecule has 0 aliphatic heterocycles. The topological polar surface area (TPSA) is 112 Å². The van der Waals surface area contributed by atoms with E-state index in [4.69, 9.17) is 5.11 Å². The number of rotatable bonds is 7. The van der Waals surface area contributed by atoms with Gasteiger partial charge in [-0.25, -0.2) is 13.1 Å². The molecular weight excluding hydrogens is 258 g/mol. The summed E-state index contributed by atoms with van der Waals surface area (Å²) in [5.74, 6) is -1.71. The summed E-state index contributed by atoms with van der Waals surface area (Å²) in [5.41, 5.74) is 0.421. The quantitative estimate of drug-likeness (QED) is 0.670. The first-order valence-corrected chi connectivity index (χ1v) is 7.09. The first-order chi connectivity index (χ1) is 8.38. The fourth-order valence-corrected chi connectivity index (χ4v) is 2.78. The molecule has 8 heteroatoms. The first-order valence-electron chi connectivity index (χ1n) is 5.61. The summed E-state index contributed by atoms with van der Waals surface area (Å²) in [5, 5.41) is 15.1. The average Bonchev–Trinajstić information content (AvgIpc) is 2.71. The lowest BCUT2D eigenvalue weighted by Crippen LogP contribution is -2.33. The predicted molar refractivity (Wildman–Crippen MR) is 64.5 cm³/mol. The number of carboxylic acids is 1. The van der Waals surface area contributed by atoms with Gasteiger partial charge in [-0.3, -0.25) is 9.89 Å². The number of carbonyl (C=O) groups is 1. The highest BCUT2D eigenvalue weighted by Crippen LogP contribution is 2.12. The van der Waals surface area contributed by atoms with Crippen LogP contribution in [0.4, 0.5) is 0 Å². The highest BCUT2D eigenvalue weighted by Gasteiger charge is 2.23. The van der Waals surface area contributed by atoms with Crippen molar-refractivity contribution in [2.75, 3.05) is 6.54 Å². The van der Waals surface area contributed by atoms with Crippen LogP contribution in [-0.4, -0.2) is 36.2 Å². The summed E-state index contributed by atoms with van der Waals surface area (Å²) >= 11 is 0. The number of aromatic nitrogens is 2. The van der Waals surface area contributed by atoms with Gasteiger partial charge in [0.2, 0.25) is 10.0 Å². The van der Waals surface area contributed by atoms with Crippen LogP contribution in [0.25, 0.3) is 0 Å². The van der Waals surface area contributed by atoms with Gasteiger partial charge in [0, 0.05) is 6.54 Å². The van der Waals surface area contributed by atoms with Gasteiger partial charge in [-0.05, 0) is 13.3 Å². The van der Waals surface area contributed by atoms with Crippen LogP contribution in [0.5, 0.6) is 0 Å². The molecule has 0 aromatic carbocycles. The maximum atomic E-state index is 11.9. The summed E-state index contributed by atoms with van der Waals surface area (Å²) in [6.45, 7) is 3.32. The second kappa shape index (κ2) is 5.96. The highest BCUT2D eigenvalue weighted by molar-refractivity contribution is 7.89. The Morgan fingerprint density at radius 1 is 1.61 bits per heavy atom. The summed E-state index contributed by atoms with van der Waals surface area (Å²) in [7, 11) is -3.70. The van der Waals surface area contributed by atoms with Gasteiger partial charge in [-0.2, -0.15) is 5.10 Å². The minimum absolute atomic E-state index is 0.0446. The van der Waals surface area contributed by atoms with Crippen LogP contribution in [0.15, 0.2) is 11.1 Å². The van der Waals surface area contributed by atoms with Crippen molar-refractivity contribution in [3.8, 4) is 0 Å². The summed E-state index contributed by atoms with van der Waals surface area (Å²) < 4.78 is 26.1. The molecule has 0 aliphatic rings. The van der Waals surface area contributed by atoms with Crippen molar-refractivity contribution in [1.29, 1.82) is 0 Å². The molecule has 18 heavy (non-hydrogen) atoms. The molecule has 3 N–H and O–H groups in total. The molecule has 0 saturated heterocycles. The number of aromatic amines is 1. The minimum Gasteiger partial charge on any atom is -0.481 e. The van der Waals surface area contributed by atoms with Crippen LogP contribution in [-0.2, 0) is 14.8 Å². The number of H-pyrrole nitrogens is 1. The van der Waals surface area contributed by atoms with E-state index in [-0.39, 0.29) is 11.4 Å². The van der Waals surface area contributed by atoms with E-state index in [0.29, 0.717) is 18.5 Å². The van der Waals surface area contributed by atoms with Crippen molar-refractivity contribution in [3.63, 3.8) is 0 Å². The van der Waals surface area contributed by atoms with Gasteiger partial charge < -0.3 is 5.11 Å².